The molecular weight excluding hydrogens is 275 g/mol. The Morgan fingerprint density at radius 3 is 2.37 bits per heavy atom. The SMILES string of the molecule is NCc1cnc(C(F)(F)F)c(C(F)F)c1CC(=O)O. The summed E-state index contributed by atoms with van der Waals surface area (Å²) in [6, 6.07) is 0. The van der Waals surface area contributed by atoms with E-state index in [1.807, 2.05) is 0 Å². The van der Waals surface area contributed by atoms with Gasteiger partial charge in [-0.2, -0.15) is 13.2 Å². The van der Waals surface area contributed by atoms with E-state index in [4.69, 9.17) is 10.8 Å². The molecule has 3 N–H and O–H groups in total. The third kappa shape index (κ3) is 3.37. The van der Waals surface area contributed by atoms with Crippen molar-refractivity contribution in [2.45, 2.75) is 25.6 Å². The van der Waals surface area contributed by atoms with E-state index >= 15 is 0 Å². The van der Waals surface area contributed by atoms with Crippen LogP contribution < -0.4 is 5.73 Å². The predicted molar refractivity (Wildman–Crippen MR) is 53.4 cm³/mol. The van der Waals surface area contributed by atoms with Gasteiger partial charge in [0.05, 0.1) is 12.0 Å². The number of nitrogens with zero attached hydrogens (tertiary/aromatic N) is 1. The lowest BCUT2D eigenvalue weighted by molar-refractivity contribution is -0.143. The molecule has 0 saturated heterocycles. The van der Waals surface area contributed by atoms with Crippen molar-refractivity contribution in [3.63, 3.8) is 0 Å². The number of pyridine rings is 1. The second-order valence-electron chi connectivity index (χ2n) is 3.60. The van der Waals surface area contributed by atoms with Gasteiger partial charge < -0.3 is 10.8 Å². The summed E-state index contributed by atoms with van der Waals surface area (Å²) in [5.74, 6) is -1.53. The number of carbonyl (C=O) groups is 1. The average molecular weight is 284 g/mol. The fraction of sp³-hybridized carbons (Fsp3) is 0.400. The Hall–Kier alpha value is -1.77. The summed E-state index contributed by atoms with van der Waals surface area (Å²) in [7, 11) is 0. The number of hydrogen-bond donors (Lipinski definition) is 2. The van der Waals surface area contributed by atoms with E-state index < -0.39 is 41.8 Å². The molecule has 0 atom stereocenters. The average Bonchev–Trinajstić information content (AvgIpc) is 2.25. The molecule has 1 aromatic rings. The van der Waals surface area contributed by atoms with Gasteiger partial charge in [0.15, 0.2) is 5.69 Å². The van der Waals surface area contributed by atoms with Crippen molar-refractivity contribution in [1.82, 2.24) is 4.98 Å². The third-order valence-corrected chi connectivity index (χ3v) is 2.35. The first-order chi connectivity index (χ1) is 8.68. The lowest BCUT2D eigenvalue weighted by Crippen LogP contribution is -2.19. The summed E-state index contributed by atoms with van der Waals surface area (Å²) < 4.78 is 63.4. The van der Waals surface area contributed by atoms with Crippen LogP contribution in [0, 0.1) is 0 Å². The van der Waals surface area contributed by atoms with Gasteiger partial charge in [0.2, 0.25) is 0 Å². The molecule has 0 spiro atoms. The van der Waals surface area contributed by atoms with Crippen LogP contribution in [0.3, 0.4) is 0 Å². The van der Waals surface area contributed by atoms with Gasteiger partial charge in [-0.15, -0.1) is 0 Å². The minimum absolute atomic E-state index is 0.147. The monoisotopic (exact) mass is 284 g/mol. The first kappa shape index (κ1) is 15.3. The summed E-state index contributed by atoms with van der Waals surface area (Å²) in [5, 5.41) is 8.60. The molecule has 0 fully saturated rings. The van der Waals surface area contributed by atoms with Crippen LogP contribution in [0.4, 0.5) is 22.0 Å². The standard InChI is InChI=1S/C10H9F5N2O2/c11-9(12)7-5(1-6(18)19)4(2-16)3-17-8(7)10(13,14)15/h3,9H,1-2,16H2,(H,18,19). The summed E-state index contributed by atoms with van der Waals surface area (Å²) >= 11 is 0. The number of alkyl halides is 5. The van der Waals surface area contributed by atoms with Gasteiger partial charge in [0, 0.05) is 12.7 Å². The van der Waals surface area contributed by atoms with Gasteiger partial charge in [-0.25, -0.2) is 8.78 Å². The Kier molecular flexibility index (Phi) is 4.40. The van der Waals surface area contributed by atoms with Crippen LogP contribution in [0.2, 0.25) is 0 Å². The van der Waals surface area contributed by atoms with Crippen molar-refractivity contribution in [3.05, 3.63) is 28.6 Å². The van der Waals surface area contributed by atoms with Crippen molar-refractivity contribution in [2.75, 3.05) is 0 Å². The van der Waals surface area contributed by atoms with Gasteiger partial charge in [-0.3, -0.25) is 9.78 Å². The molecule has 1 aromatic heterocycles. The van der Waals surface area contributed by atoms with Crippen LogP contribution in [0.15, 0.2) is 6.20 Å². The second-order valence-corrected chi connectivity index (χ2v) is 3.60. The highest BCUT2D eigenvalue weighted by Gasteiger charge is 2.39. The molecule has 0 aliphatic rings. The van der Waals surface area contributed by atoms with Gasteiger partial charge >= 0.3 is 12.1 Å². The molecule has 0 aliphatic heterocycles. The number of carboxylic acids is 1. The number of hydrogen-bond acceptors (Lipinski definition) is 3. The molecule has 1 rings (SSSR count). The minimum Gasteiger partial charge on any atom is -0.481 e. The number of halogens is 5. The predicted octanol–water partition coefficient (Wildman–Crippen LogP) is 2.12. The van der Waals surface area contributed by atoms with E-state index in [-0.39, 0.29) is 12.1 Å². The van der Waals surface area contributed by atoms with E-state index in [1.54, 1.807) is 0 Å². The molecular formula is C10H9F5N2O2. The molecule has 0 radical (unpaired) electrons. The first-order valence-corrected chi connectivity index (χ1v) is 4.96. The zero-order chi connectivity index (χ0) is 14.8. The minimum atomic E-state index is -5.09. The van der Waals surface area contributed by atoms with Crippen LogP contribution in [0.1, 0.15) is 28.8 Å². The lowest BCUT2D eigenvalue weighted by atomic mass is 9.98. The molecule has 0 saturated carbocycles. The van der Waals surface area contributed by atoms with E-state index in [9.17, 15) is 26.7 Å². The van der Waals surface area contributed by atoms with E-state index in [0.717, 1.165) is 0 Å². The maximum atomic E-state index is 12.8. The highest BCUT2D eigenvalue weighted by Crippen LogP contribution is 2.37. The van der Waals surface area contributed by atoms with Gasteiger partial charge in [-0.1, -0.05) is 0 Å². The van der Waals surface area contributed by atoms with Crippen LogP contribution >= 0.6 is 0 Å². The fourth-order valence-electron chi connectivity index (χ4n) is 1.60. The zero-order valence-corrected chi connectivity index (χ0v) is 9.34. The van der Waals surface area contributed by atoms with Crippen LogP contribution in [0.25, 0.3) is 0 Å². The van der Waals surface area contributed by atoms with Gasteiger partial charge in [0.25, 0.3) is 6.43 Å². The van der Waals surface area contributed by atoms with Crippen LogP contribution in [-0.2, 0) is 23.9 Å². The molecule has 0 aliphatic carbocycles. The molecule has 1 heterocycles. The van der Waals surface area contributed by atoms with E-state index in [1.165, 1.54) is 0 Å². The first-order valence-electron chi connectivity index (χ1n) is 4.96. The molecule has 0 amide bonds. The Labute approximate surface area is 104 Å². The number of aromatic nitrogens is 1. The third-order valence-electron chi connectivity index (χ3n) is 2.35. The van der Waals surface area contributed by atoms with Crippen LogP contribution in [0.5, 0.6) is 0 Å². The smallest absolute Gasteiger partial charge is 0.433 e. The largest absolute Gasteiger partial charge is 0.481 e. The quantitative estimate of drug-likeness (QED) is 0.830. The molecule has 0 aromatic carbocycles. The number of carboxylic acid groups (broad SMARTS) is 1. The molecule has 4 nitrogen and oxygen atoms in total. The summed E-state index contributed by atoms with van der Waals surface area (Å²) in [6.45, 7) is -0.381. The number of aliphatic carboxylic acids is 1. The summed E-state index contributed by atoms with van der Waals surface area (Å²) in [5.41, 5.74) is 1.22. The molecule has 0 unspecified atom stereocenters. The molecule has 106 valence electrons. The summed E-state index contributed by atoms with van der Waals surface area (Å²) in [6.07, 6.45) is -8.89. The van der Waals surface area contributed by atoms with E-state index in [2.05, 4.69) is 4.98 Å². The number of rotatable bonds is 4. The molecule has 19 heavy (non-hydrogen) atoms. The zero-order valence-electron chi connectivity index (χ0n) is 9.34. The number of nitrogens with two attached hydrogens (primary N) is 1. The Morgan fingerprint density at radius 1 is 1.42 bits per heavy atom. The second kappa shape index (κ2) is 5.47. The van der Waals surface area contributed by atoms with E-state index in [0.29, 0.717) is 6.20 Å². The molecule has 0 bridgehead atoms. The van der Waals surface area contributed by atoms with Crippen molar-refractivity contribution < 1.29 is 31.9 Å². The Balaban J connectivity index is 3.58. The van der Waals surface area contributed by atoms with Crippen LogP contribution in [-0.4, -0.2) is 16.1 Å². The normalized spacial score (nSPS) is 11.9. The van der Waals surface area contributed by atoms with Gasteiger partial charge in [-0.05, 0) is 11.1 Å². The highest BCUT2D eigenvalue weighted by molar-refractivity contribution is 5.71. The van der Waals surface area contributed by atoms with Gasteiger partial charge in [0.1, 0.15) is 0 Å². The van der Waals surface area contributed by atoms with Crippen molar-refractivity contribution in [1.29, 1.82) is 0 Å². The Morgan fingerprint density at radius 2 is 2.00 bits per heavy atom. The van der Waals surface area contributed by atoms with Crippen molar-refractivity contribution in [2.24, 2.45) is 5.73 Å². The van der Waals surface area contributed by atoms with Crippen molar-refractivity contribution in [3.8, 4) is 0 Å². The van der Waals surface area contributed by atoms with Crippen molar-refractivity contribution >= 4 is 5.97 Å². The topological polar surface area (TPSA) is 76.2 Å². The Bertz CT molecular complexity index is 488. The lowest BCUT2D eigenvalue weighted by Gasteiger charge is -2.17. The summed E-state index contributed by atoms with van der Waals surface area (Å²) in [4.78, 5) is 13.5. The highest BCUT2D eigenvalue weighted by atomic mass is 19.4. The maximum absolute atomic E-state index is 12.8. The molecule has 9 heteroatoms. The maximum Gasteiger partial charge on any atom is 0.433 e. The fourth-order valence-corrected chi connectivity index (χ4v) is 1.60.